The molecule has 4 heteroatoms. The second-order valence-electron chi connectivity index (χ2n) is 2.76. The van der Waals surface area contributed by atoms with Crippen molar-refractivity contribution in [3.63, 3.8) is 0 Å². The zero-order chi connectivity index (χ0) is 7.84. The third-order valence-corrected chi connectivity index (χ3v) is 1.59. The zero-order valence-corrected chi connectivity index (χ0v) is 6.37. The molecule has 0 aromatic carbocycles. The fourth-order valence-electron chi connectivity index (χ4n) is 1.02. The second-order valence-corrected chi connectivity index (χ2v) is 2.76. The van der Waals surface area contributed by atoms with Crippen LogP contribution in [0, 0.1) is 0 Å². The van der Waals surface area contributed by atoms with E-state index in [0.29, 0.717) is 11.6 Å². The molecule has 0 saturated heterocycles. The molecule has 2 heterocycles. The first-order valence-corrected chi connectivity index (χ1v) is 3.48. The summed E-state index contributed by atoms with van der Waals surface area (Å²) in [6.45, 7) is 4.09. The Balaban J connectivity index is 2.68. The third kappa shape index (κ3) is 0.824. The molecule has 0 aliphatic heterocycles. The van der Waals surface area contributed by atoms with Crippen LogP contribution < -0.4 is 0 Å². The molecule has 0 amide bonds. The summed E-state index contributed by atoms with van der Waals surface area (Å²) in [5, 5.41) is 8.35. The van der Waals surface area contributed by atoms with E-state index in [1.54, 1.807) is 6.26 Å². The van der Waals surface area contributed by atoms with Crippen molar-refractivity contribution in [3.05, 3.63) is 12.0 Å². The summed E-state index contributed by atoms with van der Waals surface area (Å²) in [5.41, 5.74) is 1.38. The minimum absolute atomic E-state index is 0.343. The van der Waals surface area contributed by atoms with E-state index in [2.05, 4.69) is 10.3 Å². The van der Waals surface area contributed by atoms with Crippen molar-refractivity contribution >= 4 is 11.1 Å². The Morgan fingerprint density at radius 1 is 1.36 bits per heavy atom. The molecule has 0 atom stereocenters. The Bertz CT molecular complexity index is 361. The van der Waals surface area contributed by atoms with E-state index in [4.69, 9.17) is 9.05 Å². The first kappa shape index (κ1) is 6.39. The van der Waals surface area contributed by atoms with Crippen LogP contribution in [0.4, 0.5) is 0 Å². The van der Waals surface area contributed by atoms with Crippen molar-refractivity contribution in [1.82, 2.24) is 10.3 Å². The van der Waals surface area contributed by atoms with Crippen LogP contribution >= 0.6 is 0 Å². The van der Waals surface area contributed by atoms with Crippen LogP contribution in [0.2, 0.25) is 0 Å². The molecule has 2 aromatic heterocycles. The van der Waals surface area contributed by atoms with Gasteiger partial charge in [-0.05, 0) is 11.1 Å². The van der Waals surface area contributed by atoms with Crippen LogP contribution in [0.15, 0.2) is 15.3 Å². The first-order valence-electron chi connectivity index (χ1n) is 3.48. The number of hydrogen-bond donors (Lipinski definition) is 0. The lowest BCUT2D eigenvalue weighted by atomic mass is 10.1. The van der Waals surface area contributed by atoms with Crippen molar-refractivity contribution in [1.29, 1.82) is 0 Å². The van der Waals surface area contributed by atoms with Gasteiger partial charge in [-0.3, -0.25) is 0 Å². The van der Waals surface area contributed by atoms with Crippen LogP contribution in [0.3, 0.4) is 0 Å². The predicted molar refractivity (Wildman–Crippen MR) is 38.2 cm³/mol. The van der Waals surface area contributed by atoms with Crippen LogP contribution in [-0.2, 0) is 0 Å². The lowest BCUT2D eigenvalue weighted by molar-refractivity contribution is 0.375. The summed E-state index contributed by atoms with van der Waals surface area (Å²) in [6.07, 6.45) is 1.56. The van der Waals surface area contributed by atoms with Gasteiger partial charge in [-0.15, -0.1) is 0 Å². The van der Waals surface area contributed by atoms with Gasteiger partial charge in [0, 0.05) is 0 Å². The molecule has 0 N–H and O–H groups in total. The lowest BCUT2D eigenvalue weighted by Gasteiger charge is -1.94. The highest BCUT2D eigenvalue weighted by Crippen LogP contribution is 2.22. The van der Waals surface area contributed by atoms with Gasteiger partial charge < -0.3 is 9.05 Å². The molecule has 0 unspecified atom stereocenters. The highest BCUT2D eigenvalue weighted by Gasteiger charge is 2.13. The molecule has 0 saturated carbocycles. The summed E-state index contributed by atoms with van der Waals surface area (Å²) in [7, 11) is 0. The summed E-state index contributed by atoms with van der Waals surface area (Å²) >= 11 is 0. The van der Waals surface area contributed by atoms with Gasteiger partial charge in [-0.2, -0.15) is 0 Å². The van der Waals surface area contributed by atoms with Gasteiger partial charge in [0.2, 0.25) is 0 Å². The lowest BCUT2D eigenvalue weighted by Crippen LogP contribution is -1.85. The van der Waals surface area contributed by atoms with Crippen LogP contribution in [0.5, 0.6) is 0 Å². The Morgan fingerprint density at radius 3 is 2.91 bits per heavy atom. The maximum atomic E-state index is 4.90. The molecule has 11 heavy (non-hydrogen) atoms. The molecule has 0 fully saturated rings. The van der Waals surface area contributed by atoms with E-state index in [0.717, 1.165) is 11.1 Å². The monoisotopic (exact) mass is 152 g/mol. The Morgan fingerprint density at radius 2 is 2.18 bits per heavy atom. The van der Waals surface area contributed by atoms with Gasteiger partial charge in [0.25, 0.3) is 5.71 Å². The summed E-state index contributed by atoms with van der Waals surface area (Å²) < 4.78 is 9.61. The minimum Gasteiger partial charge on any atom is -0.360 e. The fourth-order valence-corrected chi connectivity index (χ4v) is 1.02. The van der Waals surface area contributed by atoms with Gasteiger partial charge >= 0.3 is 0 Å². The second kappa shape index (κ2) is 2.08. The van der Waals surface area contributed by atoms with E-state index < -0.39 is 0 Å². The summed E-state index contributed by atoms with van der Waals surface area (Å²) in [5.74, 6) is 0.343. The van der Waals surface area contributed by atoms with Crippen molar-refractivity contribution in [2.24, 2.45) is 0 Å². The predicted octanol–water partition coefficient (Wildman–Crippen LogP) is 1.94. The van der Waals surface area contributed by atoms with Crippen molar-refractivity contribution in [2.75, 3.05) is 0 Å². The van der Waals surface area contributed by atoms with Crippen molar-refractivity contribution in [2.45, 2.75) is 19.8 Å². The molecule has 58 valence electrons. The molecule has 0 radical (unpaired) electrons. The van der Waals surface area contributed by atoms with E-state index >= 15 is 0 Å². The molecular weight excluding hydrogens is 144 g/mol. The number of hydrogen-bond acceptors (Lipinski definition) is 4. The summed E-state index contributed by atoms with van der Waals surface area (Å²) in [4.78, 5) is 0. The Hall–Kier alpha value is -1.32. The average Bonchev–Trinajstić information content (AvgIpc) is 2.41. The molecule has 0 aliphatic carbocycles. The summed E-state index contributed by atoms with van der Waals surface area (Å²) in [6, 6.07) is 0. The Kier molecular flexibility index (Phi) is 1.21. The van der Waals surface area contributed by atoms with Crippen molar-refractivity contribution in [3.8, 4) is 0 Å². The quantitative estimate of drug-likeness (QED) is 0.626. The van der Waals surface area contributed by atoms with Crippen LogP contribution in [0.1, 0.15) is 25.5 Å². The topological polar surface area (TPSA) is 52.1 Å². The third-order valence-electron chi connectivity index (χ3n) is 1.59. The molecule has 0 spiro atoms. The number of nitrogens with zero attached hydrogens (tertiary/aromatic N) is 2. The maximum absolute atomic E-state index is 4.90. The van der Waals surface area contributed by atoms with Gasteiger partial charge in [0.15, 0.2) is 0 Å². The average molecular weight is 152 g/mol. The SMILES string of the molecule is CC(C)c1noc2nocc12. The molecule has 4 nitrogen and oxygen atoms in total. The number of aromatic nitrogens is 2. The highest BCUT2D eigenvalue weighted by atomic mass is 16.5. The fraction of sp³-hybridized carbons (Fsp3) is 0.429. The molecule has 2 aromatic rings. The van der Waals surface area contributed by atoms with E-state index in [1.165, 1.54) is 0 Å². The van der Waals surface area contributed by atoms with Crippen LogP contribution in [0.25, 0.3) is 11.1 Å². The zero-order valence-electron chi connectivity index (χ0n) is 6.37. The van der Waals surface area contributed by atoms with Gasteiger partial charge in [-0.1, -0.05) is 19.0 Å². The normalized spacial score (nSPS) is 11.5. The van der Waals surface area contributed by atoms with Gasteiger partial charge in [0.05, 0.1) is 5.69 Å². The van der Waals surface area contributed by atoms with Crippen LogP contribution in [-0.4, -0.2) is 10.3 Å². The van der Waals surface area contributed by atoms with E-state index in [9.17, 15) is 0 Å². The molecule has 0 bridgehead atoms. The largest absolute Gasteiger partial charge is 0.360 e. The maximum Gasteiger partial charge on any atom is 0.296 e. The Labute approximate surface area is 63.1 Å². The van der Waals surface area contributed by atoms with Crippen molar-refractivity contribution < 1.29 is 9.05 Å². The number of fused-ring (bicyclic) bond motifs is 1. The van der Waals surface area contributed by atoms with E-state index in [1.807, 2.05) is 13.8 Å². The minimum atomic E-state index is 0.343. The molecular formula is C7H8N2O2. The van der Waals surface area contributed by atoms with Gasteiger partial charge in [0.1, 0.15) is 11.6 Å². The van der Waals surface area contributed by atoms with Gasteiger partial charge in [-0.25, -0.2) is 0 Å². The highest BCUT2D eigenvalue weighted by molar-refractivity contribution is 5.74. The van der Waals surface area contributed by atoms with E-state index in [-0.39, 0.29) is 0 Å². The molecule has 0 aliphatic rings. The standard InChI is InChI=1S/C7H8N2O2/c1-4(2)6-5-3-10-9-7(5)11-8-6/h3-4H,1-2H3. The number of rotatable bonds is 1. The first-order chi connectivity index (χ1) is 5.29. The smallest absolute Gasteiger partial charge is 0.296 e. The molecule has 2 rings (SSSR count).